The van der Waals surface area contributed by atoms with Gasteiger partial charge in [0.25, 0.3) is 5.91 Å². The molecule has 1 fully saturated rings. The third-order valence-electron chi connectivity index (χ3n) is 6.71. The topological polar surface area (TPSA) is 53.5 Å². The molecule has 1 saturated heterocycles. The van der Waals surface area contributed by atoms with E-state index in [-0.39, 0.29) is 23.9 Å². The zero-order valence-electron chi connectivity index (χ0n) is 20.5. The summed E-state index contributed by atoms with van der Waals surface area (Å²) in [6.07, 6.45) is 1.75. The molecule has 6 heteroatoms. The van der Waals surface area contributed by atoms with Crippen LogP contribution in [0.1, 0.15) is 32.0 Å². The summed E-state index contributed by atoms with van der Waals surface area (Å²) < 4.78 is 13.1. The number of Topliss-reactive ketones (excluding diaryl/α,β-unsaturated/α-hetero) is 1. The summed E-state index contributed by atoms with van der Waals surface area (Å²) in [5, 5.41) is 0. The van der Waals surface area contributed by atoms with Crippen LogP contribution in [-0.4, -0.2) is 52.7 Å². The lowest BCUT2D eigenvalue weighted by Crippen LogP contribution is -2.48. The molecule has 0 atom stereocenters. The number of ketones is 1. The van der Waals surface area contributed by atoms with E-state index in [2.05, 4.69) is 9.88 Å². The van der Waals surface area contributed by atoms with Gasteiger partial charge in [-0.15, -0.1) is 0 Å². The molecule has 0 bridgehead atoms. The van der Waals surface area contributed by atoms with Crippen LogP contribution < -0.4 is 0 Å². The molecule has 5 rings (SSSR count). The van der Waals surface area contributed by atoms with Crippen LogP contribution in [0.5, 0.6) is 0 Å². The molecule has 0 saturated carbocycles. The van der Waals surface area contributed by atoms with Gasteiger partial charge in [0.05, 0.1) is 12.0 Å². The van der Waals surface area contributed by atoms with Crippen LogP contribution in [0.3, 0.4) is 0 Å². The Labute approximate surface area is 216 Å². The van der Waals surface area contributed by atoms with Crippen molar-refractivity contribution in [3.8, 4) is 11.1 Å². The van der Waals surface area contributed by atoms with Crippen molar-refractivity contribution in [2.24, 2.45) is 0 Å². The highest BCUT2D eigenvalue weighted by atomic mass is 19.1. The first-order valence-corrected chi connectivity index (χ1v) is 12.4. The van der Waals surface area contributed by atoms with Crippen molar-refractivity contribution in [3.63, 3.8) is 0 Å². The molecular weight excluding hydrogens is 465 g/mol. The van der Waals surface area contributed by atoms with E-state index in [9.17, 15) is 14.0 Å². The predicted molar refractivity (Wildman–Crippen MR) is 142 cm³/mol. The first-order valence-electron chi connectivity index (χ1n) is 12.4. The molecule has 0 radical (unpaired) electrons. The normalized spacial score (nSPS) is 13.9. The van der Waals surface area contributed by atoms with Gasteiger partial charge >= 0.3 is 0 Å². The lowest BCUT2D eigenvalue weighted by Gasteiger charge is -2.34. The molecule has 0 unspecified atom stereocenters. The number of rotatable bonds is 7. The van der Waals surface area contributed by atoms with Crippen molar-refractivity contribution in [1.29, 1.82) is 0 Å². The third kappa shape index (κ3) is 6.16. The molecule has 0 spiro atoms. The van der Waals surface area contributed by atoms with Crippen molar-refractivity contribution in [1.82, 2.24) is 14.8 Å². The van der Waals surface area contributed by atoms with Crippen LogP contribution in [0.4, 0.5) is 4.39 Å². The fourth-order valence-corrected chi connectivity index (χ4v) is 4.54. The standard InChI is InChI=1S/C31H28FN3O2/c32-28-13-6-23(7-14-28)22-34-16-18-35(19-17-34)31(37)27-12-15-29(33-21-27)20-30(36)26-10-8-25(9-11-26)24-4-2-1-3-5-24/h1-15,21H,16-20,22H2. The van der Waals surface area contributed by atoms with Crippen LogP contribution in [0.15, 0.2) is 97.2 Å². The molecule has 0 aliphatic carbocycles. The molecule has 37 heavy (non-hydrogen) atoms. The lowest BCUT2D eigenvalue weighted by molar-refractivity contribution is 0.0628. The van der Waals surface area contributed by atoms with Crippen LogP contribution in [-0.2, 0) is 13.0 Å². The van der Waals surface area contributed by atoms with Crippen molar-refractivity contribution < 1.29 is 14.0 Å². The zero-order valence-corrected chi connectivity index (χ0v) is 20.5. The molecule has 1 aliphatic rings. The minimum atomic E-state index is -0.236. The molecular formula is C31H28FN3O2. The maximum Gasteiger partial charge on any atom is 0.255 e. The van der Waals surface area contributed by atoms with Gasteiger partial charge in [-0.3, -0.25) is 19.5 Å². The number of pyridine rings is 1. The molecule has 186 valence electrons. The summed E-state index contributed by atoms with van der Waals surface area (Å²) in [5.41, 5.74) is 5.03. The summed E-state index contributed by atoms with van der Waals surface area (Å²) in [5.74, 6) is -0.299. The summed E-state index contributed by atoms with van der Waals surface area (Å²) >= 11 is 0. The number of amides is 1. The first kappa shape index (κ1) is 24.5. The second kappa shape index (κ2) is 11.3. The van der Waals surface area contributed by atoms with Gasteiger partial charge in [-0.05, 0) is 41.0 Å². The van der Waals surface area contributed by atoms with Crippen molar-refractivity contribution in [3.05, 3.63) is 125 Å². The second-order valence-electron chi connectivity index (χ2n) is 9.28. The number of halogens is 1. The Bertz CT molecular complexity index is 1350. The van der Waals surface area contributed by atoms with Gasteiger partial charge in [0, 0.05) is 50.2 Å². The van der Waals surface area contributed by atoms with E-state index in [4.69, 9.17) is 0 Å². The Kier molecular flexibility index (Phi) is 7.47. The van der Waals surface area contributed by atoms with E-state index in [0.717, 1.165) is 36.3 Å². The van der Waals surface area contributed by atoms with Gasteiger partial charge < -0.3 is 4.90 Å². The van der Waals surface area contributed by atoms with Crippen LogP contribution in [0.2, 0.25) is 0 Å². The fourth-order valence-electron chi connectivity index (χ4n) is 4.54. The van der Waals surface area contributed by atoms with Crippen molar-refractivity contribution in [2.75, 3.05) is 26.2 Å². The van der Waals surface area contributed by atoms with Crippen molar-refractivity contribution in [2.45, 2.75) is 13.0 Å². The summed E-state index contributed by atoms with van der Waals surface area (Å²) in [7, 11) is 0. The highest BCUT2D eigenvalue weighted by Crippen LogP contribution is 2.20. The SMILES string of the molecule is O=C(Cc1ccc(C(=O)N2CCN(Cc3ccc(F)cc3)CC2)cn1)c1ccc(-c2ccccc2)cc1. The molecule has 1 aromatic heterocycles. The fraction of sp³-hybridized carbons (Fsp3) is 0.194. The van der Waals surface area contributed by atoms with Gasteiger partial charge in [-0.1, -0.05) is 66.7 Å². The highest BCUT2D eigenvalue weighted by molar-refractivity contribution is 5.98. The number of nitrogens with zero attached hydrogens (tertiary/aromatic N) is 3. The largest absolute Gasteiger partial charge is 0.336 e. The second-order valence-corrected chi connectivity index (χ2v) is 9.28. The van der Waals surface area contributed by atoms with Crippen molar-refractivity contribution >= 4 is 11.7 Å². The van der Waals surface area contributed by atoms with Gasteiger partial charge in [0.15, 0.2) is 5.78 Å². The van der Waals surface area contributed by atoms with E-state index >= 15 is 0 Å². The molecule has 1 amide bonds. The Hall–Kier alpha value is -4.16. The number of hydrogen-bond donors (Lipinski definition) is 0. The van der Waals surface area contributed by atoms with Gasteiger partial charge in [0.2, 0.25) is 0 Å². The average Bonchev–Trinajstić information content (AvgIpc) is 2.95. The number of carbonyl (C=O) groups is 2. The summed E-state index contributed by atoms with van der Waals surface area (Å²) in [6.45, 7) is 3.50. The maximum absolute atomic E-state index is 13.1. The minimum absolute atomic E-state index is 0.0107. The molecule has 4 aromatic rings. The molecule has 2 heterocycles. The lowest BCUT2D eigenvalue weighted by atomic mass is 10.0. The van der Waals surface area contributed by atoms with Crippen LogP contribution >= 0.6 is 0 Å². The first-order chi connectivity index (χ1) is 18.0. The molecule has 3 aromatic carbocycles. The van der Waals surface area contributed by atoms with E-state index < -0.39 is 0 Å². The predicted octanol–water partition coefficient (Wildman–Crippen LogP) is 5.27. The monoisotopic (exact) mass is 493 g/mol. The molecule has 0 N–H and O–H groups in total. The molecule has 5 nitrogen and oxygen atoms in total. The average molecular weight is 494 g/mol. The van der Waals surface area contributed by atoms with Gasteiger partial charge in [0.1, 0.15) is 5.82 Å². The van der Waals surface area contributed by atoms with Crippen LogP contribution in [0, 0.1) is 5.82 Å². The van der Waals surface area contributed by atoms with Crippen LogP contribution in [0.25, 0.3) is 11.1 Å². The van der Waals surface area contributed by atoms with Gasteiger partial charge in [-0.2, -0.15) is 0 Å². The number of piperazine rings is 1. The zero-order chi connectivity index (χ0) is 25.6. The smallest absolute Gasteiger partial charge is 0.255 e. The Morgan fingerprint density at radius 1 is 0.730 bits per heavy atom. The summed E-state index contributed by atoms with van der Waals surface area (Å²) in [4.78, 5) is 34.2. The van der Waals surface area contributed by atoms with E-state index in [1.54, 1.807) is 30.5 Å². The Balaban J connectivity index is 1.13. The minimum Gasteiger partial charge on any atom is -0.336 e. The number of benzene rings is 3. The van der Waals surface area contributed by atoms with Gasteiger partial charge in [-0.25, -0.2) is 4.39 Å². The third-order valence-corrected chi connectivity index (χ3v) is 6.71. The highest BCUT2D eigenvalue weighted by Gasteiger charge is 2.22. The summed E-state index contributed by atoms with van der Waals surface area (Å²) in [6, 6.07) is 27.7. The Morgan fingerprint density at radius 3 is 2.03 bits per heavy atom. The molecule has 1 aliphatic heterocycles. The quantitative estimate of drug-likeness (QED) is 0.329. The number of aromatic nitrogens is 1. The van der Waals surface area contributed by atoms with E-state index in [1.807, 2.05) is 59.5 Å². The van der Waals surface area contributed by atoms with E-state index in [1.165, 1.54) is 12.1 Å². The maximum atomic E-state index is 13.1. The number of carbonyl (C=O) groups excluding carboxylic acids is 2. The number of hydrogen-bond acceptors (Lipinski definition) is 4. The van der Waals surface area contributed by atoms with E-state index in [0.29, 0.717) is 29.9 Å². The Morgan fingerprint density at radius 2 is 1.38 bits per heavy atom.